The Bertz CT molecular complexity index is 413. The van der Waals surface area contributed by atoms with Gasteiger partial charge in [-0.15, -0.1) is 0 Å². The average molecular weight is 398 g/mol. The SMILES string of the molecule is CCCCCCCCCCCCCCOC(=O)[C@@H]1CCCN1C(=O)OCCC. The number of ether oxygens (including phenoxy) is 2. The maximum atomic E-state index is 12.3. The summed E-state index contributed by atoms with van der Waals surface area (Å²) in [7, 11) is 0. The molecule has 5 heteroatoms. The average Bonchev–Trinajstić information content (AvgIpc) is 3.19. The Morgan fingerprint density at radius 2 is 1.32 bits per heavy atom. The normalized spacial score (nSPS) is 16.4. The molecule has 1 aliphatic rings. The zero-order chi connectivity index (χ0) is 20.5. The third-order valence-corrected chi connectivity index (χ3v) is 5.43. The molecule has 0 radical (unpaired) electrons. The number of amides is 1. The molecule has 0 aromatic carbocycles. The Morgan fingerprint density at radius 1 is 0.750 bits per heavy atom. The molecule has 0 saturated carbocycles. The molecule has 0 bridgehead atoms. The van der Waals surface area contributed by atoms with E-state index in [2.05, 4.69) is 6.92 Å². The molecule has 0 unspecified atom stereocenters. The number of esters is 1. The minimum absolute atomic E-state index is 0.269. The fourth-order valence-corrected chi connectivity index (χ4v) is 3.71. The second kappa shape index (κ2) is 16.7. The number of nitrogens with zero attached hydrogens (tertiary/aromatic N) is 1. The Labute approximate surface area is 172 Å². The maximum Gasteiger partial charge on any atom is 0.410 e. The summed E-state index contributed by atoms with van der Waals surface area (Å²) in [6.45, 7) is 5.66. The minimum Gasteiger partial charge on any atom is -0.464 e. The van der Waals surface area contributed by atoms with Crippen LogP contribution in [0.4, 0.5) is 4.79 Å². The molecule has 1 saturated heterocycles. The van der Waals surface area contributed by atoms with E-state index in [1.54, 1.807) is 0 Å². The topological polar surface area (TPSA) is 55.8 Å². The minimum atomic E-state index is -0.457. The molecule has 5 nitrogen and oxygen atoms in total. The van der Waals surface area contributed by atoms with Gasteiger partial charge in [-0.2, -0.15) is 0 Å². The van der Waals surface area contributed by atoms with E-state index in [9.17, 15) is 9.59 Å². The van der Waals surface area contributed by atoms with Crippen LogP contribution in [0.3, 0.4) is 0 Å². The molecule has 1 atom stereocenters. The van der Waals surface area contributed by atoms with E-state index in [-0.39, 0.29) is 12.1 Å². The zero-order valence-electron chi connectivity index (χ0n) is 18.4. The fourth-order valence-electron chi connectivity index (χ4n) is 3.71. The van der Waals surface area contributed by atoms with Crippen LogP contribution in [0.1, 0.15) is 110 Å². The molecule has 28 heavy (non-hydrogen) atoms. The third-order valence-electron chi connectivity index (χ3n) is 5.43. The van der Waals surface area contributed by atoms with Crippen molar-refractivity contribution in [2.45, 2.75) is 116 Å². The molecule has 1 aliphatic heterocycles. The number of unbranched alkanes of at least 4 members (excludes halogenated alkanes) is 11. The van der Waals surface area contributed by atoms with Crippen LogP contribution in [0, 0.1) is 0 Å². The van der Waals surface area contributed by atoms with Crippen LogP contribution >= 0.6 is 0 Å². The first-order valence-electron chi connectivity index (χ1n) is 11.8. The lowest BCUT2D eigenvalue weighted by Crippen LogP contribution is -2.41. The third kappa shape index (κ3) is 10.9. The first-order chi connectivity index (χ1) is 13.7. The second-order valence-corrected chi connectivity index (χ2v) is 8.02. The van der Waals surface area contributed by atoms with Crippen LogP contribution < -0.4 is 0 Å². The molecular weight excluding hydrogens is 354 g/mol. The van der Waals surface area contributed by atoms with E-state index in [1.165, 1.54) is 69.1 Å². The van der Waals surface area contributed by atoms with Crippen LogP contribution in [0.25, 0.3) is 0 Å². The molecule has 1 fully saturated rings. The van der Waals surface area contributed by atoms with E-state index in [0.717, 1.165) is 25.7 Å². The van der Waals surface area contributed by atoms with Crippen molar-refractivity contribution in [1.82, 2.24) is 4.90 Å². The standard InChI is InChI=1S/C23H43NO4/c1-3-5-6-7-8-9-10-11-12-13-14-15-20-27-22(25)21-17-16-18-24(21)23(26)28-19-4-2/h21H,3-20H2,1-2H3/t21-/m0/s1. The van der Waals surface area contributed by atoms with E-state index in [1.807, 2.05) is 6.92 Å². The number of carbonyl (C=O) groups excluding carboxylic acids is 2. The van der Waals surface area contributed by atoms with Gasteiger partial charge in [0.2, 0.25) is 0 Å². The predicted molar refractivity (Wildman–Crippen MR) is 113 cm³/mol. The monoisotopic (exact) mass is 397 g/mol. The first kappa shape index (κ1) is 24.8. The lowest BCUT2D eigenvalue weighted by atomic mass is 10.1. The van der Waals surface area contributed by atoms with Crippen molar-refractivity contribution in [2.75, 3.05) is 19.8 Å². The summed E-state index contributed by atoms with van der Waals surface area (Å²) in [5.41, 5.74) is 0. The van der Waals surface area contributed by atoms with Gasteiger partial charge in [0.25, 0.3) is 0 Å². The van der Waals surface area contributed by atoms with Gasteiger partial charge in [0.05, 0.1) is 13.2 Å². The summed E-state index contributed by atoms with van der Waals surface area (Å²) < 4.78 is 10.6. The van der Waals surface area contributed by atoms with Crippen molar-refractivity contribution in [3.63, 3.8) is 0 Å². The zero-order valence-corrected chi connectivity index (χ0v) is 18.4. The van der Waals surface area contributed by atoms with E-state index in [4.69, 9.17) is 9.47 Å². The van der Waals surface area contributed by atoms with Crippen LogP contribution in [0.2, 0.25) is 0 Å². The van der Waals surface area contributed by atoms with Gasteiger partial charge in [0.1, 0.15) is 6.04 Å². The van der Waals surface area contributed by atoms with Gasteiger partial charge < -0.3 is 9.47 Å². The first-order valence-corrected chi connectivity index (χ1v) is 11.8. The van der Waals surface area contributed by atoms with Crippen LogP contribution in [0.5, 0.6) is 0 Å². The Kier molecular flexibility index (Phi) is 14.8. The van der Waals surface area contributed by atoms with Gasteiger partial charge in [0, 0.05) is 6.54 Å². The van der Waals surface area contributed by atoms with Gasteiger partial charge in [-0.25, -0.2) is 9.59 Å². The van der Waals surface area contributed by atoms with Crippen LogP contribution in [-0.4, -0.2) is 42.8 Å². The molecule has 0 aliphatic carbocycles. The molecule has 1 amide bonds. The molecule has 0 aromatic rings. The number of carbonyl (C=O) groups is 2. The Balaban J connectivity index is 1.98. The summed E-state index contributed by atoms with van der Waals surface area (Å²) >= 11 is 0. The largest absolute Gasteiger partial charge is 0.464 e. The van der Waals surface area contributed by atoms with Crippen LogP contribution in [-0.2, 0) is 14.3 Å². The van der Waals surface area contributed by atoms with Crippen molar-refractivity contribution in [1.29, 1.82) is 0 Å². The summed E-state index contributed by atoms with van der Waals surface area (Å²) in [6, 6.07) is -0.457. The van der Waals surface area contributed by atoms with Gasteiger partial charge in [-0.1, -0.05) is 84.5 Å². The second-order valence-electron chi connectivity index (χ2n) is 8.02. The summed E-state index contributed by atoms with van der Waals surface area (Å²) in [4.78, 5) is 25.8. The maximum absolute atomic E-state index is 12.3. The summed E-state index contributed by atoms with van der Waals surface area (Å²) in [6.07, 6.45) is 17.4. The van der Waals surface area contributed by atoms with Gasteiger partial charge in [0.15, 0.2) is 0 Å². The molecule has 1 heterocycles. The quantitative estimate of drug-likeness (QED) is 0.228. The predicted octanol–water partition coefficient (Wildman–Crippen LogP) is 6.24. The highest BCUT2D eigenvalue weighted by atomic mass is 16.6. The molecule has 164 valence electrons. The summed E-state index contributed by atoms with van der Waals surface area (Å²) in [5, 5.41) is 0. The van der Waals surface area contributed by atoms with Gasteiger partial charge in [-0.05, 0) is 25.7 Å². The highest BCUT2D eigenvalue weighted by Crippen LogP contribution is 2.20. The van der Waals surface area contributed by atoms with Crippen molar-refractivity contribution < 1.29 is 19.1 Å². The van der Waals surface area contributed by atoms with Gasteiger partial charge in [-0.3, -0.25) is 4.90 Å². The smallest absolute Gasteiger partial charge is 0.410 e. The van der Waals surface area contributed by atoms with Crippen molar-refractivity contribution in [3.8, 4) is 0 Å². The Hall–Kier alpha value is -1.26. The highest BCUT2D eigenvalue weighted by Gasteiger charge is 2.36. The van der Waals surface area contributed by atoms with Crippen molar-refractivity contribution in [2.24, 2.45) is 0 Å². The van der Waals surface area contributed by atoms with Crippen LogP contribution in [0.15, 0.2) is 0 Å². The fraction of sp³-hybridized carbons (Fsp3) is 0.913. The van der Waals surface area contributed by atoms with Crippen molar-refractivity contribution >= 4 is 12.1 Å². The number of hydrogen-bond donors (Lipinski definition) is 0. The van der Waals surface area contributed by atoms with E-state index >= 15 is 0 Å². The lowest BCUT2D eigenvalue weighted by molar-refractivity contribution is -0.148. The molecular formula is C23H43NO4. The highest BCUT2D eigenvalue weighted by molar-refractivity contribution is 5.82. The molecule has 0 N–H and O–H groups in total. The van der Waals surface area contributed by atoms with Gasteiger partial charge >= 0.3 is 12.1 Å². The molecule has 0 aromatic heterocycles. The summed E-state index contributed by atoms with van der Waals surface area (Å²) in [5.74, 6) is -0.269. The number of likely N-dealkylation sites (tertiary alicyclic amines) is 1. The van der Waals surface area contributed by atoms with E-state index < -0.39 is 6.04 Å². The van der Waals surface area contributed by atoms with E-state index in [0.29, 0.717) is 26.2 Å². The number of hydrogen-bond acceptors (Lipinski definition) is 4. The molecule has 0 spiro atoms. The van der Waals surface area contributed by atoms with Crippen molar-refractivity contribution in [3.05, 3.63) is 0 Å². The number of rotatable bonds is 16. The molecule has 1 rings (SSSR count). The Morgan fingerprint density at radius 3 is 1.89 bits per heavy atom. The lowest BCUT2D eigenvalue weighted by Gasteiger charge is -2.22.